The molecule has 0 saturated carbocycles. The lowest BCUT2D eigenvalue weighted by atomic mass is 10.1. The molecule has 0 aliphatic carbocycles. The number of nitrogens with one attached hydrogen (secondary N) is 1. The van der Waals surface area contributed by atoms with Crippen LogP contribution >= 0.6 is 0 Å². The molecule has 1 heterocycles. The molecule has 0 bridgehead atoms. The van der Waals surface area contributed by atoms with Crippen molar-refractivity contribution in [2.45, 2.75) is 17.7 Å². The minimum Gasteiger partial charge on any atom is -0.295 e. The van der Waals surface area contributed by atoms with E-state index in [2.05, 4.69) is 0 Å². The molecule has 7 nitrogen and oxygen atoms in total. The fourth-order valence-electron chi connectivity index (χ4n) is 2.86. The van der Waals surface area contributed by atoms with Gasteiger partial charge in [-0.3, -0.25) is 13.9 Å². The molecule has 2 aromatic carbocycles. The molecule has 9 heteroatoms. The predicted octanol–water partition coefficient (Wildman–Crippen LogP) is 1.45. The number of aryl methyl sites for hydroxylation is 3. The Labute approximate surface area is 155 Å². The second-order valence-corrected chi connectivity index (χ2v) is 7.85. The summed E-state index contributed by atoms with van der Waals surface area (Å²) >= 11 is 0. The first-order valence-electron chi connectivity index (χ1n) is 8.15. The summed E-state index contributed by atoms with van der Waals surface area (Å²) in [6.45, 7) is 0. The van der Waals surface area contributed by atoms with E-state index in [1.54, 1.807) is 19.2 Å². The van der Waals surface area contributed by atoms with E-state index in [4.69, 9.17) is 0 Å². The smallest absolute Gasteiger partial charge is 0.295 e. The molecule has 0 saturated heterocycles. The number of imidazole rings is 1. The van der Waals surface area contributed by atoms with Crippen LogP contribution in [-0.2, 0) is 35.3 Å². The van der Waals surface area contributed by atoms with Crippen molar-refractivity contribution in [3.63, 3.8) is 0 Å². The number of rotatable bonds is 5. The van der Waals surface area contributed by atoms with E-state index in [-0.39, 0.29) is 23.4 Å². The van der Waals surface area contributed by atoms with Crippen molar-refractivity contribution < 1.29 is 17.6 Å². The van der Waals surface area contributed by atoms with Crippen molar-refractivity contribution in [1.82, 2.24) is 13.9 Å². The highest BCUT2D eigenvalue weighted by Gasteiger charge is 2.20. The van der Waals surface area contributed by atoms with Crippen molar-refractivity contribution in [3.05, 3.63) is 64.3 Å². The molecule has 142 valence electrons. The van der Waals surface area contributed by atoms with E-state index >= 15 is 0 Å². The van der Waals surface area contributed by atoms with E-state index in [1.165, 1.54) is 46.5 Å². The van der Waals surface area contributed by atoms with Gasteiger partial charge in [-0.2, -0.15) is 0 Å². The maximum absolute atomic E-state index is 13.6. The van der Waals surface area contributed by atoms with Crippen LogP contribution in [0.15, 0.2) is 52.2 Å². The zero-order valence-electron chi connectivity index (χ0n) is 14.8. The molecule has 0 spiro atoms. The molecule has 0 unspecified atom stereocenters. The second kappa shape index (κ2) is 6.99. The van der Waals surface area contributed by atoms with Gasteiger partial charge in [-0.05, 0) is 36.2 Å². The highest BCUT2D eigenvalue weighted by Crippen LogP contribution is 2.18. The van der Waals surface area contributed by atoms with Crippen molar-refractivity contribution in [2.75, 3.05) is 0 Å². The van der Waals surface area contributed by atoms with E-state index in [0.29, 0.717) is 16.6 Å². The summed E-state index contributed by atoms with van der Waals surface area (Å²) in [5.41, 5.74) is 1.07. The fraction of sp³-hybridized carbons (Fsp3) is 0.222. The normalized spacial score (nSPS) is 11.7. The number of sulfonamides is 1. The van der Waals surface area contributed by atoms with E-state index < -0.39 is 21.7 Å². The molecule has 0 aliphatic rings. The molecule has 27 heavy (non-hydrogen) atoms. The Balaban J connectivity index is 1.79. The Kier molecular flexibility index (Phi) is 4.88. The lowest BCUT2D eigenvalue weighted by Gasteiger charge is -2.08. The Morgan fingerprint density at radius 3 is 2.44 bits per heavy atom. The number of carbonyl (C=O) groups excluding carboxylic acids is 1. The van der Waals surface area contributed by atoms with Crippen LogP contribution in [-0.4, -0.2) is 23.5 Å². The second-order valence-electron chi connectivity index (χ2n) is 6.17. The third kappa shape index (κ3) is 3.63. The number of aromatic nitrogens is 2. The third-order valence-electron chi connectivity index (χ3n) is 4.38. The van der Waals surface area contributed by atoms with Gasteiger partial charge in [-0.25, -0.2) is 22.3 Å². The number of hydrogen-bond donors (Lipinski definition) is 1. The molecule has 1 aromatic heterocycles. The third-order valence-corrected chi connectivity index (χ3v) is 5.75. The van der Waals surface area contributed by atoms with Gasteiger partial charge in [0.15, 0.2) is 0 Å². The number of hydrogen-bond acceptors (Lipinski definition) is 4. The maximum Gasteiger partial charge on any atom is 0.328 e. The summed E-state index contributed by atoms with van der Waals surface area (Å²) < 4.78 is 43.2. The Morgan fingerprint density at radius 1 is 1.07 bits per heavy atom. The molecule has 3 rings (SSSR count). The van der Waals surface area contributed by atoms with Crippen molar-refractivity contribution >= 4 is 27.0 Å². The average Bonchev–Trinajstić information content (AvgIpc) is 2.85. The van der Waals surface area contributed by atoms with Crippen molar-refractivity contribution in [2.24, 2.45) is 14.1 Å². The summed E-state index contributed by atoms with van der Waals surface area (Å²) in [6.07, 6.45) is -0.0908. The van der Waals surface area contributed by atoms with E-state index in [1.807, 2.05) is 4.72 Å². The summed E-state index contributed by atoms with van der Waals surface area (Å²) in [6, 6.07) is 10.2. The summed E-state index contributed by atoms with van der Waals surface area (Å²) in [7, 11) is -0.981. The fourth-order valence-corrected chi connectivity index (χ4v) is 3.90. The number of nitrogens with zero attached hydrogens (tertiary/aromatic N) is 2. The van der Waals surface area contributed by atoms with Gasteiger partial charge in [-0.1, -0.05) is 18.2 Å². The van der Waals surface area contributed by atoms with Crippen LogP contribution in [0.1, 0.15) is 12.0 Å². The highest BCUT2D eigenvalue weighted by atomic mass is 32.2. The van der Waals surface area contributed by atoms with Crippen LogP contribution in [0.3, 0.4) is 0 Å². The van der Waals surface area contributed by atoms with Gasteiger partial charge in [0.1, 0.15) is 5.82 Å². The summed E-state index contributed by atoms with van der Waals surface area (Å²) in [5.74, 6) is -1.18. The highest BCUT2D eigenvalue weighted by molar-refractivity contribution is 7.90. The van der Waals surface area contributed by atoms with Gasteiger partial charge in [0.2, 0.25) is 5.91 Å². The topological polar surface area (TPSA) is 90.2 Å². The largest absolute Gasteiger partial charge is 0.328 e. The predicted molar refractivity (Wildman–Crippen MR) is 98.2 cm³/mol. The molecule has 1 N–H and O–H groups in total. The average molecular weight is 391 g/mol. The molecular weight excluding hydrogens is 373 g/mol. The lowest BCUT2D eigenvalue weighted by Crippen LogP contribution is -2.30. The first-order chi connectivity index (χ1) is 12.7. The maximum atomic E-state index is 13.6. The number of amides is 1. The van der Waals surface area contributed by atoms with Crippen LogP contribution in [0.25, 0.3) is 11.0 Å². The van der Waals surface area contributed by atoms with Crippen LogP contribution in [0.4, 0.5) is 4.39 Å². The number of halogens is 1. The minimum atomic E-state index is -4.10. The van der Waals surface area contributed by atoms with Crippen molar-refractivity contribution in [3.8, 4) is 0 Å². The van der Waals surface area contributed by atoms with Gasteiger partial charge >= 0.3 is 5.69 Å². The monoisotopic (exact) mass is 391 g/mol. The van der Waals surface area contributed by atoms with Crippen LogP contribution in [0, 0.1) is 5.82 Å². The van der Waals surface area contributed by atoms with E-state index in [9.17, 15) is 22.4 Å². The molecular formula is C18H18FN3O4S. The number of carbonyl (C=O) groups is 1. The molecule has 3 aromatic rings. The molecule has 1 amide bonds. The Morgan fingerprint density at radius 2 is 1.74 bits per heavy atom. The van der Waals surface area contributed by atoms with Gasteiger partial charge in [0.05, 0.1) is 15.9 Å². The Bertz CT molecular complexity index is 1200. The zero-order valence-corrected chi connectivity index (χ0v) is 15.6. The molecule has 0 atom stereocenters. The Hall–Kier alpha value is -2.94. The first-order valence-corrected chi connectivity index (χ1v) is 9.63. The van der Waals surface area contributed by atoms with E-state index in [0.717, 1.165) is 0 Å². The minimum absolute atomic E-state index is 0.0836. The number of fused-ring (bicyclic) bond motifs is 1. The van der Waals surface area contributed by atoms with Crippen LogP contribution in [0.5, 0.6) is 0 Å². The van der Waals surface area contributed by atoms with Gasteiger partial charge in [-0.15, -0.1) is 0 Å². The summed E-state index contributed by atoms with van der Waals surface area (Å²) in [5, 5.41) is 0. The zero-order chi connectivity index (χ0) is 19.8. The van der Waals surface area contributed by atoms with Crippen LogP contribution < -0.4 is 10.4 Å². The SMILES string of the molecule is Cn1c(=O)n(C)c2cc(S(=O)(=O)NC(=O)CCc3ccccc3F)ccc21. The standard InChI is InChI=1S/C18H18FN3O4S/c1-21-15-9-8-13(11-16(15)22(2)18(21)24)27(25,26)20-17(23)10-7-12-5-3-4-6-14(12)19/h3-6,8-9,11H,7,10H2,1-2H3,(H,20,23). The molecule has 0 fully saturated rings. The number of benzene rings is 2. The van der Waals surface area contributed by atoms with Gasteiger partial charge in [0, 0.05) is 20.5 Å². The van der Waals surface area contributed by atoms with Gasteiger partial charge < -0.3 is 0 Å². The van der Waals surface area contributed by atoms with Crippen molar-refractivity contribution in [1.29, 1.82) is 0 Å². The molecule has 0 aliphatic heterocycles. The quantitative estimate of drug-likeness (QED) is 0.713. The lowest BCUT2D eigenvalue weighted by molar-refractivity contribution is -0.119. The first kappa shape index (κ1) is 18.8. The molecule has 0 radical (unpaired) electrons. The van der Waals surface area contributed by atoms with Gasteiger partial charge in [0.25, 0.3) is 10.0 Å². The summed E-state index contributed by atoms with van der Waals surface area (Å²) in [4.78, 5) is 23.9. The van der Waals surface area contributed by atoms with Crippen LogP contribution in [0.2, 0.25) is 0 Å².